The van der Waals surface area contributed by atoms with Gasteiger partial charge in [0.1, 0.15) is 0 Å². The number of hydrogen-bond donors (Lipinski definition) is 1. The Balaban J connectivity index is 0.000000791. The van der Waals surface area contributed by atoms with Gasteiger partial charge >= 0.3 is 0 Å². The molecular formula is C11H21NO2. The largest absolute Gasteiger partial charge is 0.381 e. The summed E-state index contributed by atoms with van der Waals surface area (Å²) in [6, 6.07) is 0. The molecule has 1 rings (SSSR count). The summed E-state index contributed by atoms with van der Waals surface area (Å²) in [6.45, 7) is 8.07. The lowest BCUT2D eigenvalue weighted by Crippen LogP contribution is -2.34. The Labute approximate surface area is 86.5 Å². The molecule has 0 bridgehead atoms. The van der Waals surface area contributed by atoms with Crippen LogP contribution in [0.15, 0.2) is 12.2 Å². The van der Waals surface area contributed by atoms with Gasteiger partial charge in [0.05, 0.1) is 13.2 Å². The van der Waals surface area contributed by atoms with Gasteiger partial charge in [0.25, 0.3) is 0 Å². The van der Waals surface area contributed by atoms with Crippen molar-refractivity contribution in [2.45, 2.75) is 27.2 Å². The average Bonchev–Trinajstić information content (AvgIpc) is 2.15. The van der Waals surface area contributed by atoms with Crippen molar-refractivity contribution in [3.05, 3.63) is 12.2 Å². The van der Waals surface area contributed by atoms with E-state index in [1.165, 1.54) is 0 Å². The van der Waals surface area contributed by atoms with Crippen molar-refractivity contribution >= 4 is 5.91 Å². The first-order valence-electron chi connectivity index (χ1n) is 5.28. The monoisotopic (exact) mass is 199 g/mol. The third-order valence-electron chi connectivity index (χ3n) is 1.83. The van der Waals surface area contributed by atoms with Gasteiger partial charge in [0.2, 0.25) is 5.91 Å². The van der Waals surface area contributed by atoms with Gasteiger partial charge in [-0.1, -0.05) is 26.0 Å². The molecule has 3 nitrogen and oxygen atoms in total. The molecule has 1 aliphatic heterocycles. The highest BCUT2D eigenvalue weighted by molar-refractivity contribution is 5.76. The van der Waals surface area contributed by atoms with Crippen LogP contribution in [0.4, 0.5) is 0 Å². The number of rotatable bonds is 4. The predicted octanol–water partition coefficient (Wildman–Crippen LogP) is 1.74. The van der Waals surface area contributed by atoms with Gasteiger partial charge in [-0.3, -0.25) is 4.79 Å². The molecule has 1 N–H and O–H groups in total. The van der Waals surface area contributed by atoms with E-state index in [2.05, 4.69) is 5.32 Å². The van der Waals surface area contributed by atoms with Gasteiger partial charge < -0.3 is 10.1 Å². The molecule has 0 atom stereocenters. The third kappa shape index (κ3) is 5.75. The number of carbonyl (C=O) groups excluding carboxylic acids is 1. The van der Waals surface area contributed by atoms with Gasteiger partial charge in [-0.25, -0.2) is 0 Å². The molecule has 1 aliphatic rings. The molecule has 3 heteroatoms. The maximum Gasteiger partial charge on any atom is 0.220 e. The van der Waals surface area contributed by atoms with E-state index >= 15 is 0 Å². The molecular weight excluding hydrogens is 178 g/mol. The van der Waals surface area contributed by atoms with Crippen molar-refractivity contribution < 1.29 is 9.53 Å². The van der Waals surface area contributed by atoms with Crippen LogP contribution in [0.1, 0.15) is 27.2 Å². The Kier molecular flexibility index (Phi) is 8.24. The van der Waals surface area contributed by atoms with Gasteiger partial charge in [0, 0.05) is 18.9 Å². The van der Waals surface area contributed by atoms with Crippen LogP contribution < -0.4 is 5.32 Å². The Hall–Kier alpha value is -0.830. The number of amides is 1. The van der Waals surface area contributed by atoms with Crippen LogP contribution in [0.2, 0.25) is 0 Å². The minimum Gasteiger partial charge on any atom is -0.381 e. The maximum absolute atomic E-state index is 11.1. The van der Waals surface area contributed by atoms with E-state index in [0.717, 1.165) is 13.2 Å². The molecule has 0 aromatic carbocycles. The zero-order valence-electron chi connectivity index (χ0n) is 9.38. The smallest absolute Gasteiger partial charge is 0.220 e. The van der Waals surface area contributed by atoms with Crippen molar-refractivity contribution in [1.29, 1.82) is 0 Å². The van der Waals surface area contributed by atoms with Crippen molar-refractivity contribution in [2.75, 3.05) is 19.8 Å². The molecule has 0 saturated carbocycles. The van der Waals surface area contributed by atoms with Crippen LogP contribution in [0.3, 0.4) is 0 Å². The second kappa shape index (κ2) is 8.75. The van der Waals surface area contributed by atoms with Crippen LogP contribution in [0, 0.1) is 5.92 Å². The molecule has 1 fully saturated rings. The lowest BCUT2D eigenvalue weighted by atomic mass is 10.0. The normalized spacial score (nSPS) is 15.6. The summed E-state index contributed by atoms with van der Waals surface area (Å²) in [4.78, 5) is 11.1. The van der Waals surface area contributed by atoms with E-state index in [1.807, 2.05) is 32.9 Å². The number of nitrogens with one attached hydrogen (secondary N) is 1. The maximum atomic E-state index is 11.1. The molecule has 0 aromatic rings. The van der Waals surface area contributed by atoms with E-state index in [0.29, 0.717) is 18.9 Å². The van der Waals surface area contributed by atoms with Crippen molar-refractivity contribution in [3.8, 4) is 0 Å². The Morgan fingerprint density at radius 1 is 1.50 bits per heavy atom. The van der Waals surface area contributed by atoms with E-state index in [-0.39, 0.29) is 5.91 Å². The quantitative estimate of drug-likeness (QED) is 0.700. The SMILES string of the molecule is C/C=C/CNC(=O)CC1COC1.CC. The highest BCUT2D eigenvalue weighted by Gasteiger charge is 2.20. The van der Waals surface area contributed by atoms with Crippen LogP contribution in [0.5, 0.6) is 0 Å². The molecule has 1 amide bonds. The van der Waals surface area contributed by atoms with Gasteiger partial charge in [0.15, 0.2) is 0 Å². The highest BCUT2D eigenvalue weighted by Crippen LogP contribution is 2.13. The van der Waals surface area contributed by atoms with Crippen molar-refractivity contribution in [2.24, 2.45) is 5.92 Å². The summed E-state index contributed by atoms with van der Waals surface area (Å²) in [5.41, 5.74) is 0. The van der Waals surface area contributed by atoms with E-state index < -0.39 is 0 Å². The molecule has 0 aliphatic carbocycles. The number of allylic oxidation sites excluding steroid dienone is 1. The summed E-state index contributed by atoms with van der Waals surface area (Å²) < 4.78 is 4.97. The molecule has 14 heavy (non-hydrogen) atoms. The van der Waals surface area contributed by atoms with Gasteiger partial charge in [-0.05, 0) is 6.92 Å². The molecule has 1 saturated heterocycles. The lowest BCUT2D eigenvalue weighted by molar-refractivity contribution is -0.126. The third-order valence-corrected chi connectivity index (χ3v) is 1.83. The molecule has 0 radical (unpaired) electrons. The minimum absolute atomic E-state index is 0.126. The number of hydrogen-bond acceptors (Lipinski definition) is 2. The molecule has 1 heterocycles. The highest BCUT2D eigenvalue weighted by atomic mass is 16.5. The summed E-state index contributed by atoms with van der Waals surface area (Å²) in [5.74, 6) is 0.581. The second-order valence-corrected chi connectivity index (χ2v) is 2.98. The number of carbonyl (C=O) groups is 1. The second-order valence-electron chi connectivity index (χ2n) is 2.98. The zero-order valence-corrected chi connectivity index (χ0v) is 9.38. The lowest BCUT2D eigenvalue weighted by Gasteiger charge is -2.24. The zero-order chi connectivity index (χ0) is 10.8. The first-order valence-corrected chi connectivity index (χ1v) is 5.28. The van der Waals surface area contributed by atoms with Crippen LogP contribution in [-0.2, 0) is 9.53 Å². The topological polar surface area (TPSA) is 38.3 Å². The first kappa shape index (κ1) is 13.2. The number of ether oxygens (including phenoxy) is 1. The van der Waals surface area contributed by atoms with E-state index in [1.54, 1.807) is 0 Å². The van der Waals surface area contributed by atoms with E-state index in [4.69, 9.17) is 4.74 Å². The fraction of sp³-hybridized carbons (Fsp3) is 0.727. The fourth-order valence-corrected chi connectivity index (χ4v) is 1.03. The van der Waals surface area contributed by atoms with Crippen LogP contribution in [0.25, 0.3) is 0 Å². The Morgan fingerprint density at radius 2 is 2.14 bits per heavy atom. The molecule has 82 valence electrons. The average molecular weight is 199 g/mol. The van der Waals surface area contributed by atoms with Crippen molar-refractivity contribution in [1.82, 2.24) is 5.32 Å². The van der Waals surface area contributed by atoms with Crippen LogP contribution >= 0.6 is 0 Å². The Bertz CT molecular complexity index is 174. The molecule has 0 spiro atoms. The minimum atomic E-state index is 0.126. The Morgan fingerprint density at radius 3 is 2.57 bits per heavy atom. The predicted molar refractivity (Wildman–Crippen MR) is 58.1 cm³/mol. The van der Waals surface area contributed by atoms with Crippen LogP contribution in [-0.4, -0.2) is 25.7 Å². The molecule has 0 unspecified atom stereocenters. The van der Waals surface area contributed by atoms with Crippen molar-refractivity contribution in [3.63, 3.8) is 0 Å². The summed E-state index contributed by atoms with van der Waals surface area (Å²) >= 11 is 0. The van der Waals surface area contributed by atoms with E-state index in [9.17, 15) is 4.79 Å². The summed E-state index contributed by atoms with van der Waals surface area (Å²) in [7, 11) is 0. The molecule has 0 aromatic heterocycles. The van der Waals surface area contributed by atoms with Gasteiger partial charge in [-0.15, -0.1) is 0 Å². The standard InChI is InChI=1S/C9H15NO2.C2H6/c1-2-3-4-10-9(11)5-8-6-12-7-8;1-2/h2-3,8H,4-7H2,1H3,(H,10,11);1-2H3/b3-2+;. The van der Waals surface area contributed by atoms with Gasteiger partial charge in [-0.2, -0.15) is 0 Å². The summed E-state index contributed by atoms with van der Waals surface area (Å²) in [5, 5.41) is 2.80. The first-order chi connectivity index (χ1) is 6.83. The fourth-order valence-electron chi connectivity index (χ4n) is 1.03. The summed E-state index contributed by atoms with van der Waals surface area (Å²) in [6.07, 6.45) is 4.46.